The molecule has 10 heteroatoms. The molecule has 114 valence electrons. The summed E-state index contributed by atoms with van der Waals surface area (Å²) in [7, 11) is 1.26. The Labute approximate surface area is 123 Å². The maximum absolute atomic E-state index is 11.3. The van der Waals surface area contributed by atoms with E-state index in [4.69, 9.17) is 0 Å². The lowest BCUT2D eigenvalue weighted by molar-refractivity contribution is -0.424. The number of hydrogen-bond donors (Lipinski definition) is 0. The quantitative estimate of drug-likeness (QED) is 0.465. The van der Waals surface area contributed by atoms with E-state index in [1.165, 1.54) is 19.2 Å². The minimum absolute atomic E-state index is 0.0934. The van der Waals surface area contributed by atoms with Gasteiger partial charge in [0.25, 0.3) is 0 Å². The molecule has 0 bridgehead atoms. The molecule has 0 unspecified atom stereocenters. The third-order valence-corrected chi connectivity index (χ3v) is 2.81. The first-order valence-electron chi connectivity index (χ1n) is 5.96. The van der Waals surface area contributed by atoms with Crippen LogP contribution in [0.2, 0.25) is 0 Å². The molecule has 0 radical (unpaired) electrons. The molecule has 0 fully saturated rings. The van der Waals surface area contributed by atoms with E-state index in [-0.39, 0.29) is 6.54 Å². The van der Waals surface area contributed by atoms with Gasteiger partial charge in [0.2, 0.25) is 0 Å². The second-order valence-corrected chi connectivity index (χ2v) is 4.24. The summed E-state index contributed by atoms with van der Waals surface area (Å²) in [4.78, 5) is 31.0. The zero-order chi connectivity index (χ0) is 16.3. The number of hydrogen-bond acceptors (Lipinski definition) is 7. The maximum atomic E-state index is 11.3. The summed E-state index contributed by atoms with van der Waals surface area (Å²) < 4.78 is 5.66. The zero-order valence-corrected chi connectivity index (χ0v) is 11.3. The summed E-state index contributed by atoms with van der Waals surface area (Å²) in [5, 5.41) is 25.0. The van der Waals surface area contributed by atoms with E-state index in [0.717, 1.165) is 10.9 Å². The number of carbonyl (C=O) groups is 1. The van der Waals surface area contributed by atoms with Gasteiger partial charge < -0.3 is 14.9 Å². The monoisotopic (exact) mass is 306 g/mol. The molecule has 2 aromatic rings. The van der Waals surface area contributed by atoms with E-state index in [1.807, 2.05) is 0 Å². The Kier molecular flexibility index (Phi) is 4.11. The van der Waals surface area contributed by atoms with Crippen molar-refractivity contribution in [1.29, 1.82) is 0 Å². The molecule has 0 aliphatic carbocycles. The standard InChI is InChI=1S/C12H10N4O6/c1-22-12(17)9-4-2-8(3-5-9)6-14-7-10(15(18)19)11(13-14)16(20)21/h2-5,7H,6H2,1H3. The Hall–Kier alpha value is -3.30. The van der Waals surface area contributed by atoms with Crippen LogP contribution in [-0.4, -0.2) is 32.7 Å². The Morgan fingerprint density at radius 1 is 1.23 bits per heavy atom. The molecule has 10 nitrogen and oxygen atoms in total. The molecule has 0 saturated heterocycles. The van der Waals surface area contributed by atoms with E-state index in [1.54, 1.807) is 12.1 Å². The Morgan fingerprint density at radius 2 is 1.86 bits per heavy atom. The lowest BCUT2D eigenvalue weighted by atomic mass is 10.1. The minimum Gasteiger partial charge on any atom is -0.465 e. The van der Waals surface area contributed by atoms with Gasteiger partial charge in [-0.1, -0.05) is 12.1 Å². The van der Waals surface area contributed by atoms with Crippen molar-refractivity contribution in [2.24, 2.45) is 0 Å². The number of aromatic nitrogens is 2. The number of benzene rings is 1. The highest BCUT2D eigenvalue weighted by Crippen LogP contribution is 2.24. The number of rotatable bonds is 5. The average Bonchev–Trinajstić information content (AvgIpc) is 2.91. The number of esters is 1. The predicted octanol–water partition coefficient (Wildman–Crippen LogP) is 1.53. The number of methoxy groups -OCH3 is 1. The fraction of sp³-hybridized carbons (Fsp3) is 0.167. The van der Waals surface area contributed by atoms with Crippen LogP contribution in [0.1, 0.15) is 15.9 Å². The van der Waals surface area contributed by atoms with Crippen molar-refractivity contribution in [3.63, 3.8) is 0 Å². The molecule has 2 rings (SSSR count). The van der Waals surface area contributed by atoms with Gasteiger partial charge in [-0.05, 0) is 22.6 Å². The highest BCUT2D eigenvalue weighted by Gasteiger charge is 2.30. The number of nitrogens with zero attached hydrogens (tertiary/aromatic N) is 4. The van der Waals surface area contributed by atoms with Gasteiger partial charge in [0.05, 0.1) is 29.2 Å². The Morgan fingerprint density at radius 3 is 2.32 bits per heavy atom. The Bertz CT molecular complexity index is 705. The fourth-order valence-corrected chi connectivity index (χ4v) is 1.79. The largest absolute Gasteiger partial charge is 0.467 e. The molecule has 0 aliphatic rings. The van der Waals surface area contributed by atoms with Crippen molar-refractivity contribution in [3.05, 3.63) is 61.8 Å². The minimum atomic E-state index is -0.908. The molecule has 0 atom stereocenters. The number of nitro groups is 2. The summed E-state index contributed by atoms with van der Waals surface area (Å²) in [6, 6.07) is 6.25. The van der Waals surface area contributed by atoms with Crippen molar-refractivity contribution in [1.82, 2.24) is 9.78 Å². The third kappa shape index (κ3) is 3.06. The first-order chi connectivity index (χ1) is 10.4. The van der Waals surface area contributed by atoms with E-state index in [9.17, 15) is 25.0 Å². The van der Waals surface area contributed by atoms with Gasteiger partial charge in [-0.15, -0.1) is 0 Å². The van der Waals surface area contributed by atoms with E-state index >= 15 is 0 Å². The van der Waals surface area contributed by atoms with Crippen LogP contribution < -0.4 is 0 Å². The molecule has 0 spiro atoms. The summed E-state index contributed by atoms with van der Waals surface area (Å²) in [6.07, 6.45) is 0.992. The van der Waals surface area contributed by atoms with Crippen LogP contribution >= 0.6 is 0 Å². The molecule has 0 N–H and O–H groups in total. The van der Waals surface area contributed by atoms with Crippen LogP contribution in [0, 0.1) is 20.2 Å². The molecule has 0 aliphatic heterocycles. The molecular formula is C12H10N4O6. The predicted molar refractivity (Wildman–Crippen MR) is 72.4 cm³/mol. The molecule has 1 aromatic carbocycles. The lowest BCUT2D eigenvalue weighted by Crippen LogP contribution is -2.03. The maximum Gasteiger partial charge on any atom is 0.467 e. The van der Waals surface area contributed by atoms with Gasteiger partial charge in [-0.2, -0.15) is 4.68 Å². The second kappa shape index (κ2) is 5.99. The molecule has 0 amide bonds. The van der Waals surface area contributed by atoms with Crippen molar-refractivity contribution in [2.45, 2.75) is 6.54 Å². The Balaban J connectivity index is 2.24. The summed E-state index contributed by atoms with van der Waals surface area (Å²) >= 11 is 0. The summed E-state index contributed by atoms with van der Waals surface area (Å²) in [5.41, 5.74) is 0.347. The summed E-state index contributed by atoms with van der Waals surface area (Å²) in [6.45, 7) is 0.0934. The highest BCUT2D eigenvalue weighted by molar-refractivity contribution is 5.89. The highest BCUT2D eigenvalue weighted by atomic mass is 16.6. The van der Waals surface area contributed by atoms with Crippen LogP contribution in [0.3, 0.4) is 0 Å². The number of carbonyl (C=O) groups excluding carboxylic acids is 1. The van der Waals surface area contributed by atoms with Gasteiger partial charge >= 0.3 is 17.5 Å². The topological polar surface area (TPSA) is 130 Å². The van der Waals surface area contributed by atoms with Crippen LogP contribution in [0.15, 0.2) is 30.5 Å². The van der Waals surface area contributed by atoms with E-state index in [0.29, 0.717) is 11.1 Å². The van der Waals surface area contributed by atoms with Gasteiger partial charge in [0.15, 0.2) is 0 Å². The van der Waals surface area contributed by atoms with E-state index in [2.05, 4.69) is 9.84 Å². The van der Waals surface area contributed by atoms with Crippen molar-refractivity contribution in [2.75, 3.05) is 7.11 Å². The third-order valence-electron chi connectivity index (χ3n) is 2.81. The van der Waals surface area contributed by atoms with Crippen LogP contribution in [-0.2, 0) is 11.3 Å². The molecule has 0 saturated carbocycles. The second-order valence-electron chi connectivity index (χ2n) is 4.24. The van der Waals surface area contributed by atoms with Crippen LogP contribution in [0.5, 0.6) is 0 Å². The molecule has 1 heterocycles. The zero-order valence-electron chi connectivity index (χ0n) is 11.3. The first kappa shape index (κ1) is 15.1. The van der Waals surface area contributed by atoms with Crippen LogP contribution in [0.4, 0.5) is 11.5 Å². The molecular weight excluding hydrogens is 296 g/mol. The van der Waals surface area contributed by atoms with Crippen molar-refractivity contribution in [3.8, 4) is 0 Å². The SMILES string of the molecule is COC(=O)c1ccc(Cn2cc([N+](=O)[O-])c([N+](=O)[O-])n2)cc1. The first-order valence-corrected chi connectivity index (χ1v) is 5.96. The van der Waals surface area contributed by atoms with E-state index < -0.39 is 27.3 Å². The van der Waals surface area contributed by atoms with Crippen molar-refractivity contribution < 1.29 is 19.4 Å². The van der Waals surface area contributed by atoms with Gasteiger partial charge in [0.1, 0.15) is 6.20 Å². The molecule has 22 heavy (non-hydrogen) atoms. The van der Waals surface area contributed by atoms with Gasteiger partial charge in [0, 0.05) is 0 Å². The average molecular weight is 306 g/mol. The summed E-state index contributed by atoms with van der Waals surface area (Å²) in [5.74, 6) is -1.30. The normalized spacial score (nSPS) is 10.2. The smallest absolute Gasteiger partial charge is 0.465 e. The fourth-order valence-electron chi connectivity index (χ4n) is 1.79. The van der Waals surface area contributed by atoms with Crippen molar-refractivity contribution >= 4 is 17.5 Å². The lowest BCUT2D eigenvalue weighted by Gasteiger charge is -2.01. The van der Waals surface area contributed by atoms with Crippen LogP contribution in [0.25, 0.3) is 0 Å². The molecule has 1 aromatic heterocycles. The number of ether oxygens (including phenoxy) is 1. The van der Waals surface area contributed by atoms with Gasteiger partial charge in [-0.3, -0.25) is 10.1 Å². The van der Waals surface area contributed by atoms with Gasteiger partial charge in [-0.25, -0.2) is 4.79 Å².